The third kappa shape index (κ3) is 6.49. The Morgan fingerprint density at radius 1 is 0.328 bits per heavy atom. The first kappa shape index (κ1) is 34.8. The average molecular weight is 744 g/mol. The summed E-state index contributed by atoms with van der Waals surface area (Å²) in [6, 6.07) is 82.8. The molecule has 0 aliphatic heterocycles. The molecule has 58 heavy (non-hydrogen) atoms. The first-order valence-electron chi connectivity index (χ1n) is 19.8. The summed E-state index contributed by atoms with van der Waals surface area (Å²) in [4.78, 5) is 4.63. The van der Waals surface area contributed by atoms with Gasteiger partial charge in [0.05, 0.1) is 11.0 Å². The van der Waals surface area contributed by atoms with E-state index in [4.69, 9.17) is 0 Å². The van der Waals surface area contributed by atoms with Gasteiger partial charge in [-0.3, -0.25) is 0 Å². The Morgan fingerprint density at radius 3 is 1.59 bits per heavy atom. The Balaban J connectivity index is 1.03. The number of rotatable bonds is 9. The van der Waals surface area contributed by atoms with Gasteiger partial charge in [0.1, 0.15) is 0 Å². The van der Waals surface area contributed by atoms with Crippen LogP contribution in [0.1, 0.15) is 0 Å². The van der Waals surface area contributed by atoms with Gasteiger partial charge in [0, 0.05) is 57.5 Å². The lowest BCUT2D eigenvalue weighted by Crippen LogP contribution is -2.11. The average Bonchev–Trinajstić information content (AvgIpc) is 3.64. The first-order chi connectivity index (χ1) is 28.7. The second kappa shape index (κ2) is 15.1. The summed E-state index contributed by atoms with van der Waals surface area (Å²) in [5, 5.41) is 2.51. The minimum atomic E-state index is 1.09. The summed E-state index contributed by atoms with van der Waals surface area (Å²) >= 11 is 0. The van der Waals surface area contributed by atoms with Crippen molar-refractivity contribution < 1.29 is 0 Å². The minimum Gasteiger partial charge on any atom is -0.344 e. The number of para-hydroxylation sites is 4. The summed E-state index contributed by atoms with van der Waals surface area (Å²) in [6.07, 6.45) is 0. The van der Waals surface area contributed by atoms with Gasteiger partial charge in [-0.2, -0.15) is 0 Å². The monoisotopic (exact) mass is 743 g/mol. The molecule has 0 saturated heterocycles. The highest BCUT2D eigenvalue weighted by Gasteiger charge is 2.17. The van der Waals surface area contributed by atoms with Crippen molar-refractivity contribution in [3.8, 4) is 39.1 Å². The van der Waals surface area contributed by atoms with E-state index < -0.39 is 0 Å². The fourth-order valence-corrected chi connectivity index (χ4v) is 8.30. The van der Waals surface area contributed by atoms with Crippen LogP contribution in [0, 0.1) is 0 Å². The van der Waals surface area contributed by atoms with Crippen molar-refractivity contribution in [2.75, 3.05) is 16.8 Å². The van der Waals surface area contributed by atoms with E-state index in [1.807, 2.05) is 0 Å². The van der Waals surface area contributed by atoms with Crippen LogP contribution >= 0.6 is 0 Å². The molecule has 0 unspecified atom stereocenters. The van der Waals surface area contributed by atoms with Crippen LogP contribution in [0.4, 0.5) is 28.4 Å². The third-order valence-corrected chi connectivity index (χ3v) is 11.2. The van der Waals surface area contributed by atoms with Gasteiger partial charge in [-0.05, 0) is 107 Å². The molecule has 0 spiro atoms. The largest absolute Gasteiger partial charge is 0.344 e. The lowest BCUT2D eigenvalue weighted by Gasteiger charge is -2.27. The molecule has 3 heteroatoms. The van der Waals surface area contributed by atoms with Crippen LogP contribution in [0.3, 0.4) is 0 Å². The van der Waals surface area contributed by atoms with E-state index in [1.54, 1.807) is 0 Å². The van der Waals surface area contributed by atoms with Crippen molar-refractivity contribution in [2.24, 2.45) is 0 Å². The summed E-state index contributed by atoms with van der Waals surface area (Å²) in [5.41, 5.74) is 16.2. The van der Waals surface area contributed by atoms with Crippen molar-refractivity contribution in [2.45, 2.75) is 0 Å². The van der Waals surface area contributed by atoms with Gasteiger partial charge >= 0.3 is 0 Å². The molecule has 0 amide bonds. The zero-order chi connectivity index (χ0) is 38.8. The molecular formula is C55H41N3. The van der Waals surface area contributed by atoms with Crippen molar-refractivity contribution in [1.82, 2.24) is 4.57 Å². The number of benzene rings is 9. The van der Waals surface area contributed by atoms with E-state index in [2.05, 4.69) is 252 Å². The molecule has 0 N–H and O–H groups in total. The molecule has 0 bridgehead atoms. The van der Waals surface area contributed by atoms with Gasteiger partial charge < -0.3 is 14.4 Å². The van der Waals surface area contributed by atoms with Crippen LogP contribution in [-0.4, -0.2) is 11.6 Å². The van der Waals surface area contributed by atoms with Crippen molar-refractivity contribution in [1.29, 1.82) is 0 Å². The fourth-order valence-electron chi connectivity index (χ4n) is 8.30. The van der Waals surface area contributed by atoms with Gasteiger partial charge in [-0.15, -0.1) is 0 Å². The van der Waals surface area contributed by atoms with E-state index >= 15 is 0 Å². The molecule has 3 nitrogen and oxygen atoms in total. The maximum absolute atomic E-state index is 2.38. The third-order valence-electron chi connectivity index (χ3n) is 11.2. The van der Waals surface area contributed by atoms with Crippen LogP contribution in [0.2, 0.25) is 0 Å². The Morgan fingerprint density at radius 2 is 0.845 bits per heavy atom. The molecule has 0 aliphatic rings. The van der Waals surface area contributed by atoms with Crippen molar-refractivity contribution in [3.63, 3.8) is 0 Å². The SMILES string of the molecule is CN(c1ccccc1)c1cc(-c2cccc(N(c3ccccc3)c3ccc(-c4ccc5c6ccccc6n(-c6ccccc6)c5c4)cc3)c2)ccc1-c1ccccc1. The van der Waals surface area contributed by atoms with Crippen LogP contribution in [0.15, 0.2) is 231 Å². The highest BCUT2D eigenvalue weighted by atomic mass is 15.1. The molecule has 9 aromatic carbocycles. The van der Waals surface area contributed by atoms with Gasteiger partial charge in [-0.1, -0.05) is 152 Å². The number of fused-ring (bicyclic) bond motifs is 3. The summed E-state index contributed by atoms with van der Waals surface area (Å²) in [5.74, 6) is 0. The predicted molar refractivity (Wildman–Crippen MR) is 246 cm³/mol. The van der Waals surface area contributed by atoms with Crippen LogP contribution in [0.5, 0.6) is 0 Å². The molecule has 0 aliphatic carbocycles. The Hall–Kier alpha value is -7.62. The van der Waals surface area contributed by atoms with Crippen molar-refractivity contribution in [3.05, 3.63) is 231 Å². The van der Waals surface area contributed by atoms with Crippen LogP contribution in [0.25, 0.3) is 60.9 Å². The van der Waals surface area contributed by atoms with Gasteiger partial charge in [0.15, 0.2) is 0 Å². The smallest absolute Gasteiger partial charge is 0.0547 e. The van der Waals surface area contributed by atoms with E-state index in [0.717, 1.165) is 45.3 Å². The lowest BCUT2D eigenvalue weighted by atomic mass is 9.97. The summed E-state index contributed by atoms with van der Waals surface area (Å²) < 4.78 is 2.38. The summed E-state index contributed by atoms with van der Waals surface area (Å²) in [6.45, 7) is 0. The molecule has 0 radical (unpaired) electrons. The Bertz CT molecular complexity index is 2990. The number of hydrogen-bond acceptors (Lipinski definition) is 2. The normalized spacial score (nSPS) is 11.2. The Kier molecular flexibility index (Phi) is 9.09. The van der Waals surface area contributed by atoms with Gasteiger partial charge in [0.2, 0.25) is 0 Å². The molecule has 10 rings (SSSR count). The van der Waals surface area contributed by atoms with E-state index in [0.29, 0.717) is 0 Å². The fraction of sp³-hybridized carbons (Fsp3) is 0.0182. The maximum atomic E-state index is 2.38. The quantitative estimate of drug-likeness (QED) is 0.146. The second-order valence-electron chi connectivity index (χ2n) is 14.7. The van der Waals surface area contributed by atoms with Crippen LogP contribution < -0.4 is 9.80 Å². The predicted octanol–water partition coefficient (Wildman–Crippen LogP) is 15.0. The number of aromatic nitrogens is 1. The van der Waals surface area contributed by atoms with E-state index in [9.17, 15) is 0 Å². The number of anilines is 5. The van der Waals surface area contributed by atoms with E-state index in [-0.39, 0.29) is 0 Å². The van der Waals surface area contributed by atoms with Crippen LogP contribution in [-0.2, 0) is 0 Å². The molecule has 0 atom stereocenters. The first-order valence-corrected chi connectivity index (χ1v) is 19.8. The highest BCUT2D eigenvalue weighted by molar-refractivity contribution is 6.10. The van der Waals surface area contributed by atoms with Gasteiger partial charge in [0.25, 0.3) is 0 Å². The zero-order valence-corrected chi connectivity index (χ0v) is 32.3. The molecule has 1 aromatic heterocycles. The lowest BCUT2D eigenvalue weighted by molar-refractivity contribution is 1.18. The summed E-state index contributed by atoms with van der Waals surface area (Å²) in [7, 11) is 2.15. The standard InChI is InChI=1S/C55H41N3/c1-56(45-20-8-3-9-21-45)54-38-44(31-35-50(54)41-17-6-2-7-18-41)42-19-16-26-49(37-42)57(46-22-10-4-11-23-46)48-33-29-40(30-34-48)43-32-36-52-51-27-14-15-28-53(51)58(55(52)39-43)47-24-12-5-13-25-47/h2-39H,1H3. The Labute approximate surface area is 339 Å². The topological polar surface area (TPSA) is 11.4 Å². The van der Waals surface area contributed by atoms with Gasteiger partial charge in [-0.25, -0.2) is 0 Å². The highest BCUT2D eigenvalue weighted by Crippen LogP contribution is 2.41. The minimum absolute atomic E-state index is 1.09. The maximum Gasteiger partial charge on any atom is 0.0547 e. The molecular weight excluding hydrogens is 703 g/mol. The van der Waals surface area contributed by atoms with Crippen molar-refractivity contribution >= 4 is 50.2 Å². The molecule has 0 fully saturated rings. The molecule has 0 saturated carbocycles. The number of hydrogen-bond donors (Lipinski definition) is 0. The zero-order valence-electron chi connectivity index (χ0n) is 32.3. The second-order valence-corrected chi connectivity index (χ2v) is 14.7. The van der Waals surface area contributed by atoms with E-state index in [1.165, 1.54) is 44.1 Å². The molecule has 10 aromatic rings. The number of nitrogens with zero attached hydrogens (tertiary/aromatic N) is 3. The molecule has 276 valence electrons. The molecule has 1 heterocycles.